The van der Waals surface area contributed by atoms with Crippen LogP contribution >= 0.6 is 11.8 Å². The van der Waals surface area contributed by atoms with Gasteiger partial charge in [-0.25, -0.2) is 0 Å². The molecule has 1 aromatic carbocycles. The van der Waals surface area contributed by atoms with Crippen molar-refractivity contribution in [2.75, 3.05) is 19.8 Å². The number of hydrogen-bond donors (Lipinski definition) is 2. The molecule has 1 atom stereocenters. The molecule has 1 unspecified atom stereocenters. The van der Waals surface area contributed by atoms with Gasteiger partial charge in [0.2, 0.25) is 0 Å². The van der Waals surface area contributed by atoms with Gasteiger partial charge >= 0.3 is 0 Å². The van der Waals surface area contributed by atoms with E-state index < -0.39 is 0 Å². The highest BCUT2D eigenvalue weighted by atomic mass is 32.2. The summed E-state index contributed by atoms with van der Waals surface area (Å²) in [6.07, 6.45) is 2.08. The fourth-order valence-corrected chi connectivity index (χ4v) is 1.67. The van der Waals surface area contributed by atoms with E-state index in [0.717, 1.165) is 0 Å². The summed E-state index contributed by atoms with van der Waals surface area (Å²) in [5, 5.41) is 3.17. The van der Waals surface area contributed by atoms with E-state index in [2.05, 4.69) is 35.8 Å². The zero-order valence-corrected chi connectivity index (χ0v) is 8.90. The molecular formula is C10H16N2S. The Hall–Kier alpha value is -0.510. The maximum absolute atomic E-state index is 5.62. The SMILES string of the molecule is CNC(CN)c1ccc(SC)cc1. The number of likely N-dealkylation sites (N-methyl/N-ethyl adjacent to an activating group) is 1. The van der Waals surface area contributed by atoms with Gasteiger partial charge in [0.25, 0.3) is 0 Å². The Labute approximate surface area is 83.9 Å². The van der Waals surface area contributed by atoms with Crippen LogP contribution in [0.25, 0.3) is 0 Å². The molecule has 0 saturated heterocycles. The number of thioether (sulfide) groups is 1. The summed E-state index contributed by atoms with van der Waals surface area (Å²) in [5.74, 6) is 0. The molecule has 1 rings (SSSR count). The maximum Gasteiger partial charge on any atom is 0.0442 e. The molecular weight excluding hydrogens is 180 g/mol. The van der Waals surface area contributed by atoms with Crippen molar-refractivity contribution in [1.29, 1.82) is 0 Å². The Morgan fingerprint density at radius 3 is 2.38 bits per heavy atom. The average Bonchev–Trinajstić information content (AvgIpc) is 2.21. The smallest absolute Gasteiger partial charge is 0.0442 e. The second-order valence-electron chi connectivity index (χ2n) is 2.85. The first-order chi connectivity index (χ1) is 6.31. The lowest BCUT2D eigenvalue weighted by Crippen LogP contribution is -2.24. The molecule has 3 N–H and O–H groups in total. The quantitative estimate of drug-likeness (QED) is 0.719. The highest BCUT2D eigenvalue weighted by Crippen LogP contribution is 2.18. The van der Waals surface area contributed by atoms with Gasteiger partial charge in [0.15, 0.2) is 0 Å². The van der Waals surface area contributed by atoms with Crippen LogP contribution in [0.15, 0.2) is 29.2 Å². The van der Waals surface area contributed by atoms with Gasteiger partial charge in [0.1, 0.15) is 0 Å². The van der Waals surface area contributed by atoms with Crippen LogP contribution in [0.2, 0.25) is 0 Å². The first kappa shape index (κ1) is 10.6. The van der Waals surface area contributed by atoms with Gasteiger partial charge in [-0.3, -0.25) is 0 Å². The molecule has 0 aliphatic heterocycles. The minimum absolute atomic E-state index is 0.274. The van der Waals surface area contributed by atoms with Gasteiger partial charge < -0.3 is 11.1 Å². The minimum Gasteiger partial charge on any atom is -0.329 e. The van der Waals surface area contributed by atoms with Crippen molar-refractivity contribution in [3.05, 3.63) is 29.8 Å². The van der Waals surface area contributed by atoms with E-state index in [1.807, 2.05) is 7.05 Å². The first-order valence-electron chi connectivity index (χ1n) is 4.33. The van der Waals surface area contributed by atoms with Gasteiger partial charge in [-0.05, 0) is 31.0 Å². The summed E-state index contributed by atoms with van der Waals surface area (Å²) in [4.78, 5) is 1.29. The van der Waals surface area contributed by atoms with Crippen LogP contribution in [-0.4, -0.2) is 19.8 Å². The molecule has 0 aromatic heterocycles. The van der Waals surface area contributed by atoms with E-state index in [4.69, 9.17) is 5.73 Å². The van der Waals surface area contributed by atoms with Crippen molar-refractivity contribution in [2.45, 2.75) is 10.9 Å². The predicted octanol–water partition coefficient (Wildman–Crippen LogP) is 1.63. The number of benzene rings is 1. The lowest BCUT2D eigenvalue weighted by molar-refractivity contribution is 0.605. The molecule has 0 radical (unpaired) electrons. The van der Waals surface area contributed by atoms with Gasteiger partial charge in [-0.1, -0.05) is 12.1 Å². The van der Waals surface area contributed by atoms with E-state index in [-0.39, 0.29) is 6.04 Å². The van der Waals surface area contributed by atoms with Crippen LogP contribution in [0.4, 0.5) is 0 Å². The van der Waals surface area contributed by atoms with Gasteiger partial charge in [0.05, 0.1) is 0 Å². The normalized spacial score (nSPS) is 12.8. The summed E-state index contributed by atoms with van der Waals surface area (Å²) < 4.78 is 0. The van der Waals surface area contributed by atoms with Crippen LogP contribution < -0.4 is 11.1 Å². The number of hydrogen-bond acceptors (Lipinski definition) is 3. The van der Waals surface area contributed by atoms with Crippen molar-refractivity contribution in [3.8, 4) is 0 Å². The third-order valence-electron chi connectivity index (χ3n) is 2.10. The molecule has 0 amide bonds. The molecule has 0 saturated carbocycles. The standard InChI is InChI=1S/C10H16N2S/c1-12-10(7-11)8-3-5-9(13-2)6-4-8/h3-6,10,12H,7,11H2,1-2H3. The second kappa shape index (κ2) is 5.27. The van der Waals surface area contributed by atoms with E-state index in [1.165, 1.54) is 10.5 Å². The molecule has 72 valence electrons. The Morgan fingerprint density at radius 1 is 1.38 bits per heavy atom. The molecule has 0 spiro atoms. The van der Waals surface area contributed by atoms with Crippen molar-refractivity contribution in [3.63, 3.8) is 0 Å². The molecule has 0 aliphatic rings. The lowest BCUT2D eigenvalue weighted by atomic mass is 10.1. The van der Waals surface area contributed by atoms with Crippen molar-refractivity contribution >= 4 is 11.8 Å². The van der Waals surface area contributed by atoms with Crippen LogP contribution in [0.5, 0.6) is 0 Å². The Bertz CT molecular complexity index is 242. The Balaban J connectivity index is 2.78. The fourth-order valence-electron chi connectivity index (χ4n) is 1.26. The molecule has 3 heteroatoms. The summed E-state index contributed by atoms with van der Waals surface area (Å²) in [5.41, 5.74) is 6.87. The largest absolute Gasteiger partial charge is 0.329 e. The lowest BCUT2D eigenvalue weighted by Gasteiger charge is -2.13. The topological polar surface area (TPSA) is 38.0 Å². The fraction of sp³-hybridized carbons (Fsp3) is 0.400. The van der Waals surface area contributed by atoms with Crippen molar-refractivity contribution in [2.24, 2.45) is 5.73 Å². The molecule has 0 bridgehead atoms. The number of nitrogens with one attached hydrogen (secondary N) is 1. The third-order valence-corrected chi connectivity index (χ3v) is 2.85. The van der Waals surface area contributed by atoms with Crippen molar-refractivity contribution in [1.82, 2.24) is 5.32 Å². The Kier molecular flexibility index (Phi) is 4.28. The maximum atomic E-state index is 5.62. The van der Waals surface area contributed by atoms with Crippen LogP contribution in [0.3, 0.4) is 0 Å². The highest BCUT2D eigenvalue weighted by molar-refractivity contribution is 7.98. The summed E-state index contributed by atoms with van der Waals surface area (Å²) in [6, 6.07) is 8.77. The molecule has 0 fully saturated rings. The van der Waals surface area contributed by atoms with E-state index >= 15 is 0 Å². The average molecular weight is 196 g/mol. The number of nitrogens with two attached hydrogens (primary N) is 1. The predicted molar refractivity (Wildman–Crippen MR) is 59.1 cm³/mol. The molecule has 0 aliphatic carbocycles. The molecule has 2 nitrogen and oxygen atoms in total. The van der Waals surface area contributed by atoms with Gasteiger partial charge in [-0.15, -0.1) is 11.8 Å². The van der Waals surface area contributed by atoms with E-state index in [0.29, 0.717) is 6.54 Å². The molecule has 1 aromatic rings. The van der Waals surface area contributed by atoms with Gasteiger partial charge in [0, 0.05) is 17.5 Å². The zero-order chi connectivity index (χ0) is 9.68. The number of rotatable bonds is 4. The van der Waals surface area contributed by atoms with E-state index in [9.17, 15) is 0 Å². The monoisotopic (exact) mass is 196 g/mol. The second-order valence-corrected chi connectivity index (χ2v) is 3.73. The minimum atomic E-state index is 0.274. The van der Waals surface area contributed by atoms with Crippen LogP contribution in [0, 0.1) is 0 Å². The summed E-state index contributed by atoms with van der Waals surface area (Å²) >= 11 is 1.75. The third kappa shape index (κ3) is 2.72. The highest BCUT2D eigenvalue weighted by Gasteiger charge is 2.05. The van der Waals surface area contributed by atoms with Crippen LogP contribution in [0.1, 0.15) is 11.6 Å². The zero-order valence-electron chi connectivity index (χ0n) is 8.08. The summed E-state index contributed by atoms with van der Waals surface area (Å²) in [7, 11) is 1.93. The van der Waals surface area contributed by atoms with Gasteiger partial charge in [-0.2, -0.15) is 0 Å². The summed E-state index contributed by atoms with van der Waals surface area (Å²) in [6.45, 7) is 0.634. The van der Waals surface area contributed by atoms with Crippen LogP contribution in [-0.2, 0) is 0 Å². The Morgan fingerprint density at radius 2 is 2.00 bits per heavy atom. The van der Waals surface area contributed by atoms with E-state index in [1.54, 1.807) is 11.8 Å². The van der Waals surface area contributed by atoms with Crippen molar-refractivity contribution < 1.29 is 0 Å². The first-order valence-corrected chi connectivity index (χ1v) is 5.55. The molecule has 13 heavy (non-hydrogen) atoms. The molecule has 0 heterocycles.